The van der Waals surface area contributed by atoms with E-state index in [1.165, 1.54) is 25.3 Å². The highest BCUT2D eigenvalue weighted by Crippen LogP contribution is 2.53. The van der Waals surface area contributed by atoms with Crippen molar-refractivity contribution in [3.63, 3.8) is 0 Å². The Bertz CT molecular complexity index is 922. The standard InChI is InChI=1S/C19H21FN4O5/c1-29-7-6-24-16(26)14-12(4-5-13(21)25)23-19(15(14)17(24)27)10-8-9(20)2-3-11(10)22-18(19)28/h2-3,8,12,14-15,23H,4-7H2,1H3,(H2,21,25)(H,22,28)/t12?,14-,15+,19?/m1/s1. The first-order valence-electron chi connectivity index (χ1n) is 9.33. The molecule has 3 heterocycles. The maximum atomic E-state index is 14.0. The summed E-state index contributed by atoms with van der Waals surface area (Å²) in [6.07, 6.45) is 0.154. The zero-order valence-corrected chi connectivity index (χ0v) is 15.7. The maximum Gasteiger partial charge on any atom is 0.250 e. The zero-order chi connectivity index (χ0) is 20.9. The molecule has 2 saturated heterocycles. The number of likely N-dealkylation sites (tertiary alicyclic amines) is 1. The first-order valence-corrected chi connectivity index (χ1v) is 9.33. The molecule has 29 heavy (non-hydrogen) atoms. The predicted octanol–water partition coefficient (Wildman–Crippen LogP) is -0.542. The number of imide groups is 1. The fourth-order valence-electron chi connectivity index (χ4n) is 4.78. The largest absolute Gasteiger partial charge is 0.383 e. The number of nitrogens with one attached hydrogen (secondary N) is 2. The summed E-state index contributed by atoms with van der Waals surface area (Å²) in [6, 6.07) is 3.19. The van der Waals surface area contributed by atoms with E-state index in [2.05, 4.69) is 10.6 Å². The zero-order valence-electron chi connectivity index (χ0n) is 15.7. The minimum Gasteiger partial charge on any atom is -0.383 e. The Balaban J connectivity index is 1.81. The highest BCUT2D eigenvalue weighted by Gasteiger charge is 2.70. The van der Waals surface area contributed by atoms with E-state index in [0.717, 1.165) is 4.90 Å². The molecule has 0 aromatic heterocycles. The molecule has 1 aromatic rings. The number of nitrogens with two attached hydrogens (primary N) is 1. The van der Waals surface area contributed by atoms with Crippen LogP contribution in [-0.2, 0) is 29.5 Å². The Morgan fingerprint density at radius 1 is 1.31 bits per heavy atom. The van der Waals surface area contributed by atoms with Crippen molar-refractivity contribution in [1.82, 2.24) is 10.2 Å². The minimum absolute atomic E-state index is 0.0197. The quantitative estimate of drug-likeness (QED) is 0.546. The highest BCUT2D eigenvalue weighted by atomic mass is 19.1. The number of carbonyl (C=O) groups is 4. The number of nitrogens with zero attached hydrogens (tertiary/aromatic N) is 1. The molecular formula is C19H21FN4O5. The molecule has 154 valence electrons. The van der Waals surface area contributed by atoms with E-state index in [4.69, 9.17) is 10.5 Å². The number of rotatable bonds is 6. The van der Waals surface area contributed by atoms with E-state index < -0.39 is 52.9 Å². The lowest BCUT2D eigenvalue weighted by molar-refractivity contribution is -0.143. The number of halogens is 1. The van der Waals surface area contributed by atoms with Crippen LogP contribution in [0, 0.1) is 17.7 Å². The van der Waals surface area contributed by atoms with E-state index in [0.29, 0.717) is 5.69 Å². The Morgan fingerprint density at radius 3 is 2.76 bits per heavy atom. The summed E-state index contributed by atoms with van der Waals surface area (Å²) in [5.74, 6) is -4.51. The average molecular weight is 404 g/mol. The number of fused-ring (bicyclic) bond motifs is 4. The smallest absolute Gasteiger partial charge is 0.250 e. The molecule has 4 N–H and O–H groups in total. The van der Waals surface area contributed by atoms with Gasteiger partial charge in [-0.3, -0.25) is 29.4 Å². The topological polar surface area (TPSA) is 131 Å². The third-order valence-corrected chi connectivity index (χ3v) is 5.99. The summed E-state index contributed by atoms with van der Waals surface area (Å²) >= 11 is 0. The summed E-state index contributed by atoms with van der Waals surface area (Å²) < 4.78 is 19.0. The lowest BCUT2D eigenvalue weighted by Gasteiger charge is -2.29. The second-order valence-electron chi connectivity index (χ2n) is 7.53. The van der Waals surface area contributed by atoms with Gasteiger partial charge in [0, 0.05) is 30.8 Å². The Hall–Kier alpha value is -2.85. The molecule has 3 aliphatic rings. The van der Waals surface area contributed by atoms with Crippen molar-refractivity contribution in [3.8, 4) is 0 Å². The maximum absolute atomic E-state index is 14.0. The Kier molecular flexibility index (Phi) is 4.62. The van der Waals surface area contributed by atoms with Crippen LogP contribution in [0.4, 0.5) is 10.1 Å². The van der Waals surface area contributed by atoms with Gasteiger partial charge in [0.25, 0.3) is 0 Å². The van der Waals surface area contributed by atoms with Gasteiger partial charge in [0.05, 0.1) is 25.0 Å². The van der Waals surface area contributed by atoms with Crippen LogP contribution in [0.3, 0.4) is 0 Å². The van der Waals surface area contributed by atoms with Gasteiger partial charge in [-0.2, -0.15) is 0 Å². The van der Waals surface area contributed by atoms with E-state index in [1.54, 1.807) is 0 Å². The van der Waals surface area contributed by atoms with Gasteiger partial charge in [0.1, 0.15) is 11.4 Å². The van der Waals surface area contributed by atoms with Crippen molar-refractivity contribution in [2.45, 2.75) is 24.4 Å². The molecule has 4 rings (SSSR count). The number of anilines is 1. The lowest BCUT2D eigenvalue weighted by atomic mass is 9.76. The van der Waals surface area contributed by atoms with Crippen LogP contribution in [0.25, 0.3) is 0 Å². The van der Waals surface area contributed by atoms with Gasteiger partial charge in [-0.1, -0.05) is 0 Å². The summed E-state index contributed by atoms with van der Waals surface area (Å²) in [4.78, 5) is 51.8. The molecule has 10 heteroatoms. The van der Waals surface area contributed by atoms with Crippen LogP contribution in [0.2, 0.25) is 0 Å². The molecule has 2 unspecified atom stereocenters. The Morgan fingerprint density at radius 2 is 2.07 bits per heavy atom. The van der Waals surface area contributed by atoms with Crippen LogP contribution in [0.5, 0.6) is 0 Å². The summed E-state index contributed by atoms with van der Waals surface area (Å²) in [5, 5.41) is 5.79. The first-order chi connectivity index (χ1) is 13.8. The van der Waals surface area contributed by atoms with E-state index in [1.807, 2.05) is 0 Å². The molecule has 2 fully saturated rings. The van der Waals surface area contributed by atoms with Crippen LogP contribution < -0.4 is 16.4 Å². The lowest BCUT2D eigenvalue weighted by Crippen LogP contribution is -2.53. The number of methoxy groups -OCH3 is 1. The van der Waals surface area contributed by atoms with Crippen LogP contribution in [-0.4, -0.2) is 54.8 Å². The monoisotopic (exact) mass is 404 g/mol. The van der Waals surface area contributed by atoms with Gasteiger partial charge in [-0.15, -0.1) is 0 Å². The van der Waals surface area contributed by atoms with Crippen LogP contribution >= 0.6 is 0 Å². The molecule has 0 saturated carbocycles. The van der Waals surface area contributed by atoms with Crippen LogP contribution in [0.1, 0.15) is 18.4 Å². The van der Waals surface area contributed by atoms with E-state index in [-0.39, 0.29) is 31.6 Å². The van der Waals surface area contributed by atoms with Crippen molar-refractivity contribution in [2.24, 2.45) is 17.6 Å². The normalized spacial score (nSPS) is 30.1. The first kappa shape index (κ1) is 19.5. The SMILES string of the molecule is COCCN1C(=O)[C@@H]2C(CCC(N)=O)NC3(C(=O)Nc4ccc(F)cc43)[C@@H]2C1=O. The number of ether oxygens (including phenoxy) is 1. The van der Waals surface area contributed by atoms with Crippen molar-refractivity contribution in [2.75, 3.05) is 25.6 Å². The molecule has 1 spiro atoms. The van der Waals surface area contributed by atoms with Crippen molar-refractivity contribution in [3.05, 3.63) is 29.6 Å². The van der Waals surface area contributed by atoms with E-state index in [9.17, 15) is 23.6 Å². The molecule has 1 aromatic carbocycles. The average Bonchev–Trinajstić information content (AvgIpc) is 3.24. The van der Waals surface area contributed by atoms with Crippen molar-refractivity contribution < 1.29 is 28.3 Å². The van der Waals surface area contributed by atoms with Gasteiger partial charge in [0.15, 0.2) is 0 Å². The number of amides is 4. The predicted molar refractivity (Wildman–Crippen MR) is 97.6 cm³/mol. The number of primary amides is 1. The van der Waals surface area contributed by atoms with Gasteiger partial charge in [-0.05, 0) is 24.6 Å². The van der Waals surface area contributed by atoms with Gasteiger partial charge >= 0.3 is 0 Å². The summed E-state index contributed by atoms with van der Waals surface area (Å²) in [7, 11) is 1.45. The Labute approximate surface area is 165 Å². The molecule has 0 aliphatic carbocycles. The number of hydrogen-bond donors (Lipinski definition) is 3. The van der Waals surface area contributed by atoms with Gasteiger partial charge < -0.3 is 15.8 Å². The molecule has 4 atom stereocenters. The molecule has 9 nitrogen and oxygen atoms in total. The fourth-order valence-corrected chi connectivity index (χ4v) is 4.78. The third-order valence-electron chi connectivity index (χ3n) is 5.99. The second-order valence-corrected chi connectivity index (χ2v) is 7.53. The number of carbonyl (C=O) groups excluding carboxylic acids is 4. The molecule has 3 aliphatic heterocycles. The van der Waals surface area contributed by atoms with E-state index >= 15 is 0 Å². The molecule has 4 amide bonds. The van der Waals surface area contributed by atoms with Crippen LogP contribution in [0.15, 0.2) is 18.2 Å². The summed E-state index contributed by atoms with van der Waals surface area (Å²) in [6.45, 7) is 0.206. The minimum atomic E-state index is -1.58. The fraction of sp³-hybridized carbons (Fsp3) is 0.474. The highest BCUT2D eigenvalue weighted by molar-refractivity contribution is 6.15. The molecule has 0 radical (unpaired) electrons. The molecule has 0 bridgehead atoms. The van der Waals surface area contributed by atoms with Crippen molar-refractivity contribution >= 4 is 29.3 Å². The second kappa shape index (κ2) is 6.89. The number of benzene rings is 1. The van der Waals surface area contributed by atoms with Gasteiger partial charge in [-0.25, -0.2) is 4.39 Å². The summed E-state index contributed by atoms with van der Waals surface area (Å²) in [5.41, 5.74) is 4.34. The number of hydrogen-bond acceptors (Lipinski definition) is 6. The van der Waals surface area contributed by atoms with Crippen molar-refractivity contribution in [1.29, 1.82) is 0 Å². The molecular weight excluding hydrogens is 383 g/mol. The van der Waals surface area contributed by atoms with Gasteiger partial charge in [0.2, 0.25) is 23.6 Å². The third kappa shape index (κ3) is 2.74.